The highest BCUT2D eigenvalue weighted by Gasteiger charge is 1.90. The first-order valence-corrected chi connectivity index (χ1v) is 7.96. The van der Waals surface area contributed by atoms with Gasteiger partial charge in [0.1, 0.15) is 0 Å². The third-order valence-electron chi connectivity index (χ3n) is 3.23. The van der Waals surface area contributed by atoms with E-state index in [9.17, 15) is 0 Å². The van der Waals surface area contributed by atoms with Gasteiger partial charge >= 0.3 is 0 Å². The predicted octanol–water partition coefficient (Wildman–Crippen LogP) is 6.12. The highest BCUT2D eigenvalue weighted by Crippen LogP contribution is 2.09. The van der Waals surface area contributed by atoms with E-state index in [1.165, 1.54) is 64.2 Å². The number of hydrogen-bond acceptors (Lipinski definition) is 0. The second kappa shape index (κ2) is 16.6. The summed E-state index contributed by atoms with van der Waals surface area (Å²) in [6.45, 7) is 7.71. The van der Waals surface area contributed by atoms with Crippen molar-refractivity contribution in [2.45, 2.75) is 89.9 Å². The van der Waals surface area contributed by atoms with Crippen molar-refractivity contribution in [3.8, 4) is 11.8 Å². The molecule has 0 aromatic heterocycles. The number of hydrogen-bond donors (Lipinski definition) is 0. The van der Waals surface area contributed by atoms with Gasteiger partial charge < -0.3 is 0 Å². The molecule has 0 spiro atoms. The molecule has 0 aliphatic carbocycles. The zero-order valence-corrected chi connectivity index (χ0v) is 12.3. The van der Waals surface area contributed by atoms with Gasteiger partial charge in [-0.25, -0.2) is 0 Å². The van der Waals surface area contributed by atoms with Gasteiger partial charge in [-0.05, 0) is 12.8 Å². The summed E-state index contributed by atoms with van der Waals surface area (Å²) in [5.74, 6) is 6.59. The topological polar surface area (TPSA) is 0 Å². The minimum atomic E-state index is 1.07. The van der Waals surface area contributed by atoms with Gasteiger partial charge in [-0.1, -0.05) is 78.1 Å². The molecule has 0 unspecified atom stereocenters. The largest absolute Gasteiger partial charge is 0.103 e. The molecule has 0 N–H and O–H groups in total. The maximum absolute atomic E-state index is 3.87. The van der Waals surface area contributed by atoms with Crippen LogP contribution in [0.2, 0.25) is 0 Å². The van der Waals surface area contributed by atoms with Crippen molar-refractivity contribution in [3.63, 3.8) is 0 Å². The zero-order chi connectivity index (χ0) is 13.3. The molecule has 0 atom stereocenters. The summed E-state index contributed by atoms with van der Waals surface area (Å²) < 4.78 is 0. The summed E-state index contributed by atoms with van der Waals surface area (Å²) in [4.78, 5) is 0. The fraction of sp³-hybridized carbons (Fsp3) is 0.778. The van der Waals surface area contributed by atoms with Gasteiger partial charge in [0.15, 0.2) is 0 Å². The van der Waals surface area contributed by atoms with E-state index in [2.05, 4.69) is 25.7 Å². The Balaban J connectivity index is 3.04. The average molecular weight is 248 g/mol. The highest BCUT2D eigenvalue weighted by atomic mass is 14.0. The van der Waals surface area contributed by atoms with E-state index in [-0.39, 0.29) is 0 Å². The molecule has 0 saturated carbocycles. The Labute approximate surface area is 116 Å². The van der Waals surface area contributed by atoms with Crippen LogP contribution < -0.4 is 0 Å². The summed E-state index contributed by atoms with van der Waals surface area (Å²) in [6.07, 6.45) is 17.7. The molecule has 0 heterocycles. The lowest BCUT2D eigenvalue weighted by atomic mass is 10.1. The molecule has 0 amide bonds. The fourth-order valence-corrected chi connectivity index (χ4v) is 2.02. The predicted molar refractivity (Wildman–Crippen MR) is 83.1 cm³/mol. The quantitative estimate of drug-likeness (QED) is 0.288. The molecule has 0 aromatic carbocycles. The van der Waals surface area contributed by atoms with Gasteiger partial charge in [0.2, 0.25) is 0 Å². The molecule has 0 aromatic rings. The van der Waals surface area contributed by atoms with Crippen molar-refractivity contribution >= 4 is 0 Å². The summed E-state index contributed by atoms with van der Waals surface area (Å²) in [6, 6.07) is 0. The van der Waals surface area contributed by atoms with E-state index in [0.717, 1.165) is 25.7 Å². The average Bonchev–Trinajstić information content (AvgIpc) is 2.39. The van der Waals surface area contributed by atoms with E-state index in [0.29, 0.717) is 0 Å². The van der Waals surface area contributed by atoms with E-state index in [1.54, 1.807) is 0 Å². The molecule has 2 radical (unpaired) electrons. The first-order chi connectivity index (χ1) is 8.91. The van der Waals surface area contributed by atoms with Crippen molar-refractivity contribution in [3.05, 3.63) is 13.8 Å². The Morgan fingerprint density at radius 1 is 0.444 bits per heavy atom. The minimum Gasteiger partial charge on any atom is -0.103 e. The highest BCUT2D eigenvalue weighted by molar-refractivity contribution is 4.98. The second-order valence-electron chi connectivity index (χ2n) is 5.10. The van der Waals surface area contributed by atoms with Crippen LogP contribution in [0.15, 0.2) is 0 Å². The Morgan fingerprint density at radius 2 is 0.778 bits per heavy atom. The maximum Gasteiger partial charge on any atom is 0.00886 e. The maximum atomic E-state index is 3.87. The SMILES string of the molecule is [CH2]CCCCCC#CCCCCCCCCC[CH2]. The minimum absolute atomic E-state index is 1.07. The van der Waals surface area contributed by atoms with Gasteiger partial charge in [0, 0.05) is 12.8 Å². The lowest BCUT2D eigenvalue weighted by Crippen LogP contribution is -1.80. The van der Waals surface area contributed by atoms with E-state index < -0.39 is 0 Å². The van der Waals surface area contributed by atoms with Crippen LogP contribution in [0.4, 0.5) is 0 Å². The van der Waals surface area contributed by atoms with E-state index in [1.807, 2.05) is 0 Å². The molecule has 0 fully saturated rings. The standard InChI is InChI=1S/C18H32/c1-3-5-7-9-11-13-15-17-18-16-14-12-10-8-6-4-2/h1-13,15,17-18H2. The summed E-state index contributed by atoms with van der Waals surface area (Å²) in [5.41, 5.74) is 0. The molecule has 18 heavy (non-hydrogen) atoms. The molecule has 0 aliphatic heterocycles. The molecule has 0 rings (SSSR count). The van der Waals surface area contributed by atoms with Crippen molar-refractivity contribution < 1.29 is 0 Å². The Kier molecular flexibility index (Phi) is 16.2. The van der Waals surface area contributed by atoms with Crippen molar-refractivity contribution in [2.24, 2.45) is 0 Å². The lowest BCUT2D eigenvalue weighted by molar-refractivity contribution is 0.585. The molecule has 0 bridgehead atoms. The van der Waals surface area contributed by atoms with E-state index >= 15 is 0 Å². The van der Waals surface area contributed by atoms with Crippen molar-refractivity contribution in [1.29, 1.82) is 0 Å². The van der Waals surface area contributed by atoms with Crippen LogP contribution in [0.1, 0.15) is 89.9 Å². The van der Waals surface area contributed by atoms with Crippen LogP contribution in [-0.2, 0) is 0 Å². The Hall–Kier alpha value is -0.440. The van der Waals surface area contributed by atoms with Crippen LogP contribution in [0.3, 0.4) is 0 Å². The molecule has 104 valence electrons. The van der Waals surface area contributed by atoms with Gasteiger partial charge in [0.25, 0.3) is 0 Å². The van der Waals surface area contributed by atoms with Crippen molar-refractivity contribution in [1.82, 2.24) is 0 Å². The van der Waals surface area contributed by atoms with Crippen LogP contribution in [-0.4, -0.2) is 0 Å². The first kappa shape index (κ1) is 17.6. The summed E-state index contributed by atoms with van der Waals surface area (Å²) in [5, 5.41) is 0. The molecule has 0 nitrogen and oxygen atoms in total. The van der Waals surface area contributed by atoms with Crippen LogP contribution >= 0.6 is 0 Å². The van der Waals surface area contributed by atoms with Crippen LogP contribution in [0.5, 0.6) is 0 Å². The molecular weight excluding hydrogens is 216 g/mol. The number of unbranched alkanes of at least 4 members (excludes halogenated alkanes) is 12. The summed E-state index contributed by atoms with van der Waals surface area (Å²) >= 11 is 0. The van der Waals surface area contributed by atoms with Gasteiger partial charge in [-0.3, -0.25) is 0 Å². The molecular formula is C18H32. The molecule has 0 saturated heterocycles. The first-order valence-electron chi connectivity index (χ1n) is 7.96. The van der Waals surface area contributed by atoms with Gasteiger partial charge in [-0.15, -0.1) is 11.8 Å². The third kappa shape index (κ3) is 15.6. The molecule has 0 aliphatic rings. The van der Waals surface area contributed by atoms with Crippen molar-refractivity contribution in [2.75, 3.05) is 0 Å². The van der Waals surface area contributed by atoms with E-state index in [4.69, 9.17) is 0 Å². The fourth-order valence-electron chi connectivity index (χ4n) is 2.02. The van der Waals surface area contributed by atoms with Gasteiger partial charge in [-0.2, -0.15) is 0 Å². The normalized spacial score (nSPS) is 10.1. The third-order valence-corrected chi connectivity index (χ3v) is 3.23. The monoisotopic (exact) mass is 248 g/mol. The van der Waals surface area contributed by atoms with Crippen LogP contribution in [0.25, 0.3) is 0 Å². The zero-order valence-electron chi connectivity index (χ0n) is 12.3. The Morgan fingerprint density at radius 3 is 1.22 bits per heavy atom. The second-order valence-corrected chi connectivity index (χ2v) is 5.10. The summed E-state index contributed by atoms with van der Waals surface area (Å²) in [7, 11) is 0. The Bertz CT molecular complexity index is 194. The van der Waals surface area contributed by atoms with Gasteiger partial charge in [0.05, 0.1) is 0 Å². The molecule has 0 heteroatoms. The number of rotatable bonds is 12. The van der Waals surface area contributed by atoms with Crippen LogP contribution in [0, 0.1) is 25.7 Å². The smallest absolute Gasteiger partial charge is 0.00886 e. The lowest BCUT2D eigenvalue weighted by Gasteiger charge is -1.99.